The Kier molecular flexibility index (Phi) is 9.44. The Labute approximate surface area is 225 Å². The lowest BCUT2D eigenvalue weighted by atomic mass is 9.90. The van der Waals surface area contributed by atoms with E-state index in [1.165, 1.54) is 31.2 Å². The van der Waals surface area contributed by atoms with Crippen molar-refractivity contribution in [2.45, 2.75) is 52.0 Å². The highest BCUT2D eigenvalue weighted by Gasteiger charge is 2.36. The highest BCUT2D eigenvalue weighted by Crippen LogP contribution is 2.37. The maximum atomic E-state index is 13.2. The summed E-state index contributed by atoms with van der Waals surface area (Å²) in [6.07, 6.45) is 5.04. The summed E-state index contributed by atoms with van der Waals surface area (Å²) in [5, 5.41) is 2.94. The molecule has 1 unspecified atom stereocenters. The van der Waals surface area contributed by atoms with E-state index >= 15 is 0 Å². The van der Waals surface area contributed by atoms with Gasteiger partial charge in [-0.15, -0.1) is 0 Å². The Hall–Kier alpha value is -3.77. The topological polar surface area (TPSA) is 71.0 Å². The summed E-state index contributed by atoms with van der Waals surface area (Å²) < 4.78 is 5.12. The highest BCUT2D eigenvalue weighted by molar-refractivity contribution is 6.24. The minimum atomic E-state index is -0.586. The van der Waals surface area contributed by atoms with Gasteiger partial charge in [0.2, 0.25) is 5.91 Å². The van der Waals surface area contributed by atoms with Crippen molar-refractivity contribution in [1.29, 1.82) is 0 Å². The SMILES string of the molecule is CCCCCCN(C)Cc1ccc(N=C(c2ccccc2)C2C(=O)Nc3cc(C(=O)OCC)ccc32)cc1. The second-order valence-corrected chi connectivity index (χ2v) is 9.77. The first-order valence-electron chi connectivity index (χ1n) is 13.5. The zero-order valence-corrected chi connectivity index (χ0v) is 22.6. The van der Waals surface area contributed by atoms with Crippen molar-refractivity contribution in [3.8, 4) is 0 Å². The molecule has 3 aromatic carbocycles. The molecular formula is C32H37N3O3. The average molecular weight is 512 g/mol. The molecule has 1 heterocycles. The molecule has 38 heavy (non-hydrogen) atoms. The number of aliphatic imine (C=N–C) groups is 1. The van der Waals surface area contributed by atoms with Crippen molar-refractivity contribution in [1.82, 2.24) is 4.90 Å². The van der Waals surface area contributed by atoms with Gasteiger partial charge in [-0.05, 0) is 67.9 Å². The Balaban J connectivity index is 1.59. The van der Waals surface area contributed by atoms with Crippen LogP contribution < -0.4 is 5.32 Å². The van der Waals surface area contributed by atoms with Gasteiger partial charge in [0.25, 0.3) is 0 Å². The molecule has 0 radical (unpaired) electrons. The summed E-state index contributed by atoms with van der Waals surface area (Å²) in [6.45, 7) is 6.28. The van der Waals surface area contributed by atoms with Crippen molar-refractivity contribution in [2.24, 2.45) is 4.99 Å². The number of hydrogen-bond donors (Lipinski definition) is 1. The van der Waals surface area contributed by atoms with E-state index < -0.39 is 11.9 Å². The Morgan fingerprint density at radius 2 is 1.71 bits per heavy atom. The van der Waals surface area contributed by atoms with Crippen molar-refractivity contribution in [3.63, 3.8) is 0 Å². The fourth-order valence-electron chi connectivity index (χ4n) is 4.79. The van der Waals surface area contributed by atoms with E-state index in [4.69, 9.17) is 9.73 Å². The number of esters is 1. The number of hydrogen-bond acceptors (Lipinski definition) is 5. The summed E-state index contributed by atoms with van der Waals surface area (Å²) >= 11 is 0. The van der Waals surface area contributed by atoms with E-state index in [1.807, 2.05) is 48.5 Å². The van der Waals surface area contributed by atoms with Crippen molar-refractivity contribution >= 4 is 29.0 Å². The minimum absolute atomic E-state index is 0.162. The monoisotopic (exact) mass is 511 g/mol. The van der Waals surface area contributed by atoms with E-state index in [0.717, 1.165) is 29.9 Å². The van der Waals surface area contributed by atoms with Crippen molar-refractivity contribution < 1.29 is 14.3 Å². The number of nitrogens with one attached hydrogen (secondary N) is 1. The number of ether oxygens (including phenoxy) is 1. The molecule has 1 atom stereocenters. The van der Waals surface area contributed by atoms with Gasteiger partial charge < -0.3 is 15.0 Å². The predicted molar refractivity (Wildman–Crippen MR) is 153 cm³/mol. The standard InChI is InChI=1S/C32H37N3O3/c1-4-6-7-11-20-35(3)22-23-14-17-26(18-15-23)33-30(24-12-9-8-10-13-24)29-27-19-16-25(32(37)38-5-2)21-28(27)34-31(29)36/h8-10,12-19,21,29H,4-7,11,20,22H2,1-3H3,(H,34,36). The molecule has 6 heteroatoms. The van der Waals surface area contributed by atoms with Crippen LogP contribution in [0.3, 0.4) is 0 Å². The molecule has 0 saturated heterocycles. The number of anilines is 1. The van der Waals surface area contributed by atoms with Crippen molar-refractivity contribution in [2.75, 3.05) is 25.5 Å². The summed E-state index contributed by atoms with van der Waals surface area (Å²) in [6, 6.07) is 23.2. The summed E-state index contributed by atoms with van der Waals surface area (Å²) in [7, 11) is 2.16. The zero-order chi connectivity index (χ0) is 26.9. The molecule has 0 fully saturated rings. The van der Waals surface area contributed by atoms with Gasteiger partial charge in [-0.3, -0.25) is 9.79 Å². The fraction of sp³-hybridized carbons (Fsp3) is 0.344. The average Bonchev–Trinajstić information content (AvgIpc) is 3.26. The number of carbonyl (C=O) groups excluding carboxylic acids is 2. The number of fused-ring (bicyclic) bond motifs is 1. The van der Waals surface area contributed by atoms with Gasteiger partial charge in [0.05, 0.1) is 23.6 Å². The molecule has 0 aliphatic carbocycles. The Morgan fingerprint density at radius 1 is 0.947 bits per heavy atom. The highest BCUT2D eigenvalue weighted by atomic mass is 16.5. The van der Waals surface area contributed by atoms with Gasteiger partial charge in [0.15, 0.2) is 0 Å². The lowest BCUT2D eigenvalue weighted by Crippen LogP contribution is -2.22. The Morgan fingerprint density at radius 3 is 2.42 bits per heavy atom. The number of rotatable bonds is 12. The van der Waals surface area contributed by atoms with E-state index in [9.17, 15) is 9.59 Å². The van der Waals surface area contributed by atoms with Crippen LogP contribution in [0, 0.1) is 0 Å². The first-order chi connectivity index (χ1) is 18.5. The van der Waals surface area contributed by atoms with Gasteiger partial charge in [0.1, 0.15) is 5.92 Å². The van der Waals surface area contributed by atoms with Crippen LogP contribution in [0.2, 0.25) is 0 Å². The molecule has 6 nitrogen and oxygen atoms in total. The molecular weight excluding hydrogens is 474 g/mol. The smallest absolute Gasteiger partial charge is 0.338 e. The first kappa shape index (κ1) is 27.3. The van der Waals surface area contributed by atoms with Crippen LogP contribution in [-0.2, 0) is 16.1 Å². The number of amides is 1. The first-order valence-corrected chi connectivity index (χ1v) is 13.5. The third kappa shape index (κ3) is 6.75. The molecule has 4 rings (SSSR count). The molecule has 0 spiro atoms. The maximum absolute atomic E-state index is 13.2. The van der Waals surface area contributed by atoms with Crippen LogP contribution >= 0.6 is 0 Å². The molecule has 0 bridgehead atoms. The van der Waals surface area contributed by atoms with Crippen LogP contribution in [0.5, 0.6) is 0 Å². The normalized spacial score (nSPS) is 14.9. The summed E-state index contributed by atoms with van der Waals surface area (Å²) in [5.41, 5.74) is 5.41. The molecule has 0 aromatic heterocycles. The maximum Gasteiger partial charge on any atom is 0.338 e. The molecule has 1 N–H and O–H groups in total. The van der Waals surface area contributed by atoms with E-state index in [1.54, 1.807) is 19.1 Å². The summed E-state index contributed by atoms with van der Waals surface area (Å²) in [5.74, 6) is -1.15. The van der Waals surface area contributed by atoms with Crippen LogP contribution in [0.4, 0.5) is 11.4 Å². The zero-order valence-electron chi connectivity index (χ0n) is 22.6. The Bertz CT molecular complexity index is 1270. The molecule has 1 amide bonds. The molecule has 0 saturated carbocycles. The van der Waals surface area contributed by atoms with Crippen molar-refractivity contribution in [3.05, 3.63) is 95.1 Å². The number of carbonyl (C=O) groups is 2. The molecule has 198 valence electrons. The van der Waals surface area contributed by atoms with E-state index in [2.05, 4.69) is 36.3 Å². The minimum Gasteiger partial charge on any atom is -0.462 e. The second kappa shape index (κ2) is 13.2. The lowest BCUT2D eigenvalue weighted by molar-refractivity contribution is -0.115. The lowest BCUT2D eigenvalue weighted by Gasteiger charge is -2.17. The third-order valence-corrected chi connectivity index (χ3v) is 6.77. The molecule has 3 aromatic rings. The number of nitrogens with zero attached hydrogens (tertiary/aromatic N) is 2. The van der Waals surface area contributed by atoms with E-state index in [-0.39, 0.29) is 5.91 Å². The predicted octanol–water partition coefficient (Wildman–Crippen LogP) is 6.73. The van der Waals surface area contributed by atoms with E-state index in [0.29, 0.717) is 23.6 Å². The van der Waals surface area contributed by atoms with Crippen LogP contribution in [0.1, 0.15) is 72.5 Å². The molecule has 1 aliphatic heterocycles. The largest absolute Gasteiger partial charge is 0.462 e. The third-order valence-electron chi connectivity index (χ3n) is 6.77. The van der Waals surface area contributed by atoms with Crippen LogP contribution in [0.25, 0.3) is 0 Å². The fourth-order valence-corrected chi connectivity index (χ4v) is 4.79. The van der Waals surface area contributed by atoms with Gasteiger partial charge in [0, 0.05) is 12.2 Å². The molecule has 1 aliphatic rings. The summed E-state index contributed by atoms with van der Waals surface area (Å²) in [4.78, 5) is 32.8. The second-order valence-electron chi connectivity index (χ2n) is 9.77. The van der Waals surface area contributed by atoms with Gasteiger partial charge in [-0.2, -0.15) is 0 Å². The van der Waals surface area contributed by atoms with Crippen LogP contribution in [-0.4, -0.2) is 42.7 Å². The van der Waals surface area contributed by atoms with Gasteiger partial charge in [-0.1, -0.05) is 74.7 Å². The van der Waals surface area contributed by atoms with Gasteiger partial charge >= 0.3 is 5.97 Å². The number of unbranched alkanes of at least 4 members (excludes halogenated alkanes) is 3. The van der Waals surface area contributed by atoms with Crippen LogP contribution in [0.15, 0.2) is 77.8 Å². The number of benzene rings is 3. The quantitative estimate of drug-likeness (QED) is 0.166. The van der Waals surface area contributed by atoms with Gasteiger partial charge in [-0.25, -0.2) is 4.79 Å².